The third-order valence-corrected chi connectivity index (χ3v) is 6.46. The fraction of sp³-hybridized carbons (Fsp3) is 0.650. The van der Waals surface area contributed by atoms with Crippen molar-refractivity contribution in [3.63, 3.8) is 0 Å². The van der Waals surface area contributed by atoms with Crippen LogP contribution in [0.4, 0.5) is 18.9 Å². The molecule has 0 aromatic heterocycles. The van der Waals surface area contributed by atoms with E-state index in [1.54, 1.807) is 0 Å². The molecule has 3 rings (SSSR count). The second-order valence-electron chi connectivity index (χ2n) is 7.90. The molecule has 0 spiro atoms. The zero-order valence-corrected chi connectivity index (χ0v) is 18.2. The highest BCUT2D eigenvalue weighted by atomic mass is 35.5. The molecule has 0 aliphatic carbocycles. The molecular formula is C20H28ClF3N4S. The Morgan fingerprint density at radius 2 is 1.90 bits per heavy atom. The molecule has 29 heavy (non-hydrogen) atoms. The van der Waals surface area contributed by atoms with Crippen molar-refractivity contribution < 1.29 is 13.2 Å². The molecule has 1 aromatic rings. The van der Waals surface area contributed by atoms with Gasteiger partial charge in [-0.15, -0.1) is 0 Å². The van der Waals surface area contributed by atoms with Gasteiger partial charge in [-0.3, -0.25) is 0 Å². The molecule has 162 valence electrons. The number of hydrogen-bond donors (Lipinski definition) is 1. The van der Waals surface area contributed by atoms with E-state index in [1.807, 2.05) is 0 Å². The maximum Gasteiger partial charge on any atom is 0.416 e. The first-order chi connectivity index (χ1) is 13.7. The number of anilines is 1. The van der Waals surface area contributed by atoms with Gasteiger partial charge in [-0.1, -0.05) is 11.6 Å². The van der Waals surface area contributed by atoms with Crippen LogP contribution < -0.4 is 5.32 Å². The highest BCUT2D eigenvalue weighted by molar-refractivity contribution is 7.80. The minimum Gasteiger partial charge on any atom is -0.346 e. The Morgan fingerprint density at radius 3 is 2.59 bits per heavy atom. The highest BCUT2D eigenvalue weighted by Gasteiger charge is 2.31. The smallest absolute Gasteiger partial charge is 0.346 e. The Kier molecular flexibility index (Phi) is 7.64. The molecule has 4 nitrogen and oxygen atoms in total. The average molecular weight is 449 g/mol. The third-order valence-electron chi connectivity index (χ3n) is 5.80. The molecule has 0 amide bonds. The quantitative estimate of drug-likeness (QED) is 0.680. The van der Waals surface area contributed by atoms with E-state index in [9.17, 15) is 13.2 Å². The average Bonchev–Trinajstić information content (AvgIpc) is 2.68. The SMILES string of the molecule is CN1CCN(CCC2CCCCN2C(=S)Nc2cc(C(F)(F)F)ccc2Cl)CC1. The summed E-state index contributed by atoms with van der Waals surface area (Å²) in [4.78, 5) is 6.94. The molecule has 0 saturated carbocycles. The zero-order chi connectivity index (χ0) is 21.0. The van der Waals surface area contributed by atoms with E-state index >= 15 is 0 Å². The van der Waals surface area contributed by atoms with Gasteiger partial charge in [0.05, 0.1) is 16.3 Å². The highest BCUT2D eigenvalue weighted by Crippen LogP contribution is 2.34. The van der Waals surface area contributed by atoms with Gasteiger partial charge in [0.15, 0.2) is 5.11 Å². The van der Waals surface area contributed by atoms with Gasteiger partial charge in [-0.2, -0.15) is 13.2 Å². The summed E-state index contributed by atoms with van der Waals surface area (Å²) in [6, 6.07) is 3.57. The minimum atomic E-state index is -4.42. The van der Waals surface area contributed by atoms with Crippen molar-refractivity contribution in [3.8, 4) is 0 Å². The summed E-state index contributed by atoms with van der Waals surface area (Å²) in [5.41, 5.74) is -0.535. The first kappa shape index (κ1) is 22.6. The van der Waals surface area contributed by atoms with E-state index in [1.165, 1.54) is 6.07 Å². The maximum atomic E-state index is 13.0. The first-order valence-electron chi connectivity index (χ1n) is 10.1. The number of rotatable bonds is 4. The van der Waals surface area contributed by atoms with Crippen LogP contribution in [0.2, 0.25) is 5.02 Å². The Labute approximate surface area is 181 Å². The normalized spacial score (nSPS) is 22.0. The van der Waals surface area contributed by atoms with E-state index in [0.29, 0.717) is 11.2 Å². The summed E-state index contributed by atoms with van der Waals surface area (Å²) in [5.74, 6) is 0. The maximum absolute atomic E-state index is 13.0. The van der Waals surface area contributed by atoms with Crippen molar-refractivity contribution >= 4 is 34.6 Å². The Morgan fingerprint density at radius 1 is 1.17 bits per heavy atom. The standard InChI is InChI=1S/C20H28ClF3N4S/c1-26-10-12-27(13-11-26)9-7-16-4-2-3-8-28(16)19(29)25-18-14-15(20(22,23)24)5-6-17(18)21/h5-6,14,16H,2-4,7-13H2,1H3,(H,25,29). The molecule has 1 unspecified atom stereocenters. The van der Waals surface area contributed by atoms with Gasteiger partial charge in [0.25, 0.3) is 0 Å². The summed E-state index contributed by atoms with van der Waals surface area (Å²) in [6.07, 6.45) is -0.188. The summed E-state index contributed by atoms with van der Waals surface area (Å²) >= 11 is 11.7. The largest absolute Gasteiger partial charge is 0.416 e. The number of nitrogens with one attached hydrogen (secondary N) is 1. The Bertz CT molecular complexity index is 707. The molecule has 2 saturated heterocycles. The number of thiocarbonyl (C=S) groups is 1. The number of piperidine rings is 1. The van der Waals surface area contributed by atoms with Crippen LogP contribution in [-0.4, -0.2) is 72.2 Å². The van der Waals surface area contributed by atoms with Gasteiger partial charge in [0.2, 0.25) is 0 Å². The van der Waals surface area contributed by atoms with Crippen molar-refractivity contribution in [2.75, 3.05) is 51.6 Å². The molecular weight excluding hydrogens is 421 g/mol. The summed E-state index contributed by atoms with van der Waals surface area (Å²) in [5, 5.41) is 3.65. The third kappa shape index (κ3) is 6.20. The van der Waals surface area contributed by atoms with E-state index in [-0.39, 0.29) is 10.7 Å². The lowest BCUT2D eigenvalue weighted by molar-refractivity contribution is -0.137. The van der Waals surface area contributed by atoms with Gasteiger partial charge in [0, 0.05) is 45.3 Å². The second kappa shape index (κ2) is 9.81. The van der Waals surface area contributed by atoms with Crippen molar-refractivity contribution in [1.82, 2.24) is 14.7 Å². The molecule has 9 heteroatoms. The first-order valence-corrected chi connectivity index (χ1v) is 10.9. The number of benzene rings is 1. The predicted molar refractivity (Wildman–Crippen MR) is 116 cm³/mol. The van der Waals surface area contributed by atoms with Crippen LogP contribution in [0.1, 0.15) is 31.2 Å². The molecule has 2 aliphatic rings. The second-order valence-corrected chi connectivity index (χ2v) is 8.69. The number of piperazine rings is 1. The van der Waals surface area contributed by atoms with E-state index in [2.05, 4.69) is 27.1 Å². The molecule has 2 aliphatic heterocycles. The van der Waals surface area contributed by atoms with Crippen LogP contribution in [0.25, 0.3) is 0 Å². The lowest BCUT2D eigenvalue weighted by Gasteiger charge is -2.40. The lowest BCUT2D eigenvalue weighted by Crippen LogP contribution is -2.49. The monoisotopic (exact) mass is 448 g/mol. The van der Waals surface area contributed by atoms with Crippen molar-refractivity contribution in [2.24, 2.45) is 0 Å². The molecule has 1 aromatic carbocycles. The molecule has 1 N–H and O–H groups in total. The molecule has 2 heterocycles. The number of alkyl halides is 3. The van der Waals surface area contributed by atoms with Gasteiger partial charge in [0.1, 0.15) is 0 Å². The molecule has 1 atom stereocenters. The number of likely N-dealkylation sites (N-methyl/N-ethyl adjacent to an activating group) is 1. The Balaban J connectivity index is 1.62. The van der Waals surface area contributed by atoms with Gasteiger partial charge in [-0.05, 0) is 63.1 Å². The van der Waals surface area contributed by atoms with Gasteiger partial charge < -0.3 is 20.0 Å². The van der Waals surface area contributed by atoms with Crippen molar-refractivity contribution in [1.29, 1.82) is 0 Å². The lowest BCUT2D eigenvalue weighted by atomic mass is 9.99. The predicted octanol–water partition coefficient (Wildman–Crippen LogP) is 4.55. The van der Waals surface area contributed by atoms with Crippen LogP contribution in [0.15, 0.2) is 18.2 Å². The van der Waals surface area contributed by atoms with Crippen molar-refractivity contribution in [2.45, 2.75) is 37.9 Å². The summed E-state index contributed by atoms with van der Waals surface area (Å²) in [7, 11) is 2.14. The number of nitrogens with zero attached hydrogens (tertiary/aromatic N) is 3. The Hall–Kier alpha value is -1.09. The van der Waals surface area contributed by atoms with Crippen molar-refractivity contribution in [3.05, 3.63) is 28.8 Å². The van der Waals surface area contributed by atoms with Crippen LogP contribution >= 0.6 is 23.8 Å². The fourth-order valence-corrected chi connectivity index (χ4v) is 4.47. The molecule has 2 fully saturated rings. The van der Waals surface area contributed by atoms with E-state index < -0.39 is 11.7 Å². The van der Waals surface area contributed by atoms with Gasteiger partial charge in [-0.25, -0.2) is 0 Å². The minimum absolute atomic E-state index is 0.204. The van der Waals surface area contributed by atoms with Crippen LogP contribution in [0, 0.1) is 0 Å². The number of hydrogen-bond acceptors (Lipinski definition) is 3. The topological polar surface area (TPSA) is 21.8 Å². The van der Waals surface area contributed by atoms with Crippen LogP contribution in [0.3, 0.4) is 0 Å². The molecule has 0 radical (unpaired) electrons. The number of likely N-dealkylation sites (tertiary alicyclic amines) is 1. The van der Waals surface area contributed by atoms with Gasteiger partial charge >= 0.3 is 6.18 Å². The van der Waals surface area contributed by atoms with Crippen LogP contribution in [-0.2, 0) is 6.18 Å². The molecule has 0 bridgehead atoms. The van der Waals surface area contributed by atoms with Crippen LogP contribution in [0.5, 0.6) is 0 Å². The summed E-state index contributed by atoms with van der Waals surface area (Å²) < 4.78 is 39.1. The fourth-order valence-electron chi connectivity index (χ4n) is 3.96. The van der Waals surface area contributed by atoms with E-state index in [0.717, 1.165) is 77.1 Å². The zero-order valence-electron chi connectivity index (χ0n) is 16.6. The summed E-state index contributed by atoms with van der Waals surface area (Å²) in [6.45, 7) is 6.15. The van der Waals surface area contributed by atoms with E-state index in [4.69, 9.17) is 23.8 Å². The number of halogens is 4.